The molecule has 11 heteroatoms. The first-order valence-electron chi connectivity index (χ1n) is 14.8. The molecular weight excluding hydrogens is 588 g/mol. The molecule has 45 heavy (non-hydrogen) atoms. The summed E-state index contributed by atoms with van der Waals surface area (Å²) in [5.74, 6) is 0.889. The molecule has 0 saturated carbocycles. The van der Waals surface area contributed by atoms with Crippen molar-refractivity contribution in [3.63, 3.8) is 0 Å². The fraction of sp³-hybridized carbons (Fsp3) is 0.265. The number of fused-ring (bicyclic) bond motifs is 1. The zero-order valence-electron chi connectivity index (χ0n) is 25.1. The number of carbonyl (C=O) groups is 2. The maximum Gasteiger partial charge on any atom is 0.247 e. The van der Waals surface area contributed by atoms with Crippen LogP contribution in [0.3, 0.4) is 0 Å². The van der Waals surface area contributed by atoms with Crippen molar-refractivity contribution in [3.8, 4) is 22.8 Å². The number of carbonyl (C=O) groups excluding carboxylic acids is 2. The standard InChI is InChI=1S/C34H34N6O4S/c1-43-26-16-12-23(13-17-26)29-22-45-31(36-29)20-39(32(41)21-40-30-11-7-6-10-28(30)37-38-40)33(24-8-4-3-5-9-24)34(42)35-25-14-18-27(44-2)19-15-25/h3-4,6-7,10-19,22,24,33H,5,8-9,20-21H2,1-2H3,(H,35,42). The molecule has 0 aliphatic heterocycles. The summed E-state index contributed by atoms with van der Waals surface area (Å²) in [6.45, 7) is 0.110. The SMILES string of the molecule is COc1ccc(NC(=O)C(C2CC=CCC2)N(Cc2nc(-c3ccc(OC)cc3)cs2)C(=O)Cn2nnc3ccccc32)cc1. The van der Waals surface area contributed by atoms with Gasteiger partial charge in [0.1, 0.15) is 34.6 Å². The lowest BCUT2D eigenvalue weighted by Gasteiger charge is -2.36. The molecule has 2 amide bonds. The third kappa shape index (κ3) is 6.88. The van der Waals surface area contributed by atoms with Gasteiger partial charge < -0.3 is 19.7 Å². The summed E-state index contributed by atoms with van der Waals surface area (Å²) in [7, 11) is 3.23. The van der Waals surface area contributed by atoms with Gasteiger partial charge in [-0.1, -0.05) is 29.5 Å². The van der Waals surface area contributed by atoms with Gasteiger partial charge in [0.15, 0.2) is 0 Å². The topological polar surface area (TPSA) is 111 Å². The molecule has 6 rings (SSSR count). The number of benzene rings is 3. The Hall–Kier alpha value is -5.03. The summed E-state index contributed by atoms with van der Waals surface area (Å²) < 4.78 is 12.2. The highest BCUT2D eigenvalue weighted by molar-refractivity contribution is 7.09. The lowest BCUT2D eigenvalue weighted by Crippen LogP contribution is -2.52. The van der Waals surface area contributed by atoms with Crippen LogP contribution < -0.4 is 14.8 Å². The van der Waals surface area contributed by atoms with Crippen molar-refractivity contribution in [3.05, 3.63) is 95.3 Å². The second-order valence-electron chi connectivity index (χ2n) is 10.8. The normalized spacial score (nSPS) is 15.0. The molecule has 0 spiro atoms. The number of rotatable bonds is 11. The van der Waals surface area contributed by atoms with E-state index >= 15 is 0 Å². The summed E-state index contributed by atoms with van der Waals surface area (Å²) in [5.41, 5.74) is 3.82. The second kappa shape index (κ2) is 13.7. The van der Waals surface area contributed by atoms with Crippen LogP contribution in [0.5, 0.6) is 11.5 Å². The van der Waals surface area contributed by atoms with Crippen LogP contribution in [0.1, 0.15) is 24.3 Å². The molecule has 2 heterocycles. The van der Waals surface area contributed by atoms with Crippen molar-refractivity contribution in [2.45, 2.75) is 38.4 Å². The quantitative estimate of drug-likeness (QED) is 0.181. The van der Waals surface area contributed by atoms with Crippen LogP contribution in [0.4, 0.5) is 5.69 Å². The molecule has 10 nitrogen and oxygen atoms in total. The molecule has 2 aromatic heterocycles. The van der Waals surface area contributed by atoms with Gasteiger partial charge in [-0.05, 0) is 85.8 Å². The van der Waals surface area contributed by atoms with E-state index in [1.807, 2.05) is 53.9 Å². The molecule has 1 aliphatic rings. The summed E-state index contributed by atoms with van der Waals surface area (Å²) in [5, 5.41) is 14.3. The highest BCUT2D eigenvalue weighted by atomic mass is 32.1. The fourth-order valence-electron chi connectivity index (χ4n) is 5.62. The van der Waals surface area contributed by atoms with Crippen LogP contribution in [0.2, 0.25) is 0 Å². The number of hydrogen-bond acceptors (Lipinski definition) is 8. The summed E-state index contributed by atoms with van der Waals surface area (Å²) >= 11 is 1.46. The van der Waals surface area contributed by atoms with E-state index in [9.17, 15) is 9.59 Å². The number of nitrogens with zero attached hydrogens (tertiary/aromatic N) is 5. The molecule has 0 fully saturated rings. The smallest absolute Gasteiger partial charge is 0.247 e. The Balaban J connectivity index is 1.34. The molecule has 2 atom stereocenters. The lowest BCUT2D eigenvalue weighted by molar-refractivity contribution is -0.142. The molecule has 1 N–H and O–H groups in total. The molecule has 2 unspecified atom stereocenters. The van der Waals surface area contributed by atoms with Gasteiger partial charge in [-0.2, -0.15) is 0 Å². The van der Waals surface area contributed by atoms with Gasteiger partial charge in [0, 0.05) is 16.6 Å². The van der Waals surface area contributed by atoms with Crippen molar-refractivity contribution >= 4 is 39.9 Å². The van der Waals surface area contributed by atoms with E-state index in [1.54, 1.807) is 48.1 Å². The van der Waals surface area contributed by atoms with Crippen molar-refractivity contribution in [2.75, 3.05) is 19.5 Å². The highest BCUT2D eigenvalue weighted by Gasteiger charge is 2.37. The summed E-state index contributed by atoms with van der Waals surface area (Å²) in [4.78, 5) is 35.1. The van der Waals surface area contributed by atoms with Crippen molar-refractivity contribution in [1.29, 1.82) is 0 Å². The van der Waals surface area contributed by atoms with E-state index in [1.165, 1.54) is 11.3 Å². The molecule has 1 aliphatic carbocycles. The Morgan fingerprint density at radius 1 is 1.00 bits per heavy atom. The van der Waals surface area contributed by atoms with Gasteiger partial charge in [0.2, 0.25) is 11.8 Å². The minimum Gasteiger partial charge on any atom is -0.497 e. The molecule has 0 radical (unpaired) electrons. The van der Waals surface area contributed by atoms with Crippen LogP contribution in [0, 0.1) is 5.92 Å². The van der Waals surface area contributed by atoms with E-state index in [4.69, 9.17) is 14.5 Å². The van der Waals surface area contributed by atoms with Crippen molar-refractivity contribution in [2.24, 2.45) is 5.92 Å². The number of ether oxygens (including phenoxy) is 2. The third-order valence-corrected chi connectivity index (χ3v) is 8.82. The second-order valence-corrected chi connectivity index (χ2v) is 11.8. The number of thiazole rings is 1. The van der Waals surface area contributed by atoms with Gasteiger partial charge in [0.25, 0.3) is 0 Å². The van der Waals surface area contributed by atoms with Gasteiger partial charge in [-0.3, -0.25) is 9.59 Å². The largest absolute Gasteiger partial charge is 0.497 e. The third-order valence-electron chi connectivity index (χ3n) is 7.99. The average molecular weight is 623 g/mol. The minimum atomic E-state index is -0.743. The Kier molecular flexibility index (Phi) is 9.16. The minimum absolute atomic E-state index is 0.0634. The molecule has 230 valence electrons. The lowest BCUT2D eigenvalue weighted by atomic mass is 9.86. The van der Waals surface area contributed by atoms with E-state index < -0.39 is 6.04 Å². The molecule has 5 aromatic rings. The van der Waals surface area contributed by atoms with Crippen LogP contribution in [-0.2, 0) is 22.7 Å². The van der Waals surface area contributed by atoms with E-state index in [2.05, 4.69) is 27.8 Å². The molecule has 0 bridgehead atoms. The first-order chi connectivity index (χ1) is 22.0. The predicted molar refractivity (Wildman–Crippen MR) is 174 cm³/mol. The number of para-hydroxylation sites is 1. The van der Waals surface area contributed by atoms with E-state index in [0.29, 0.717) is 23.4 Å². The number of amides is 2. The van der Waals surface area contributed by atoms with Gasteiger partial charge >= 0.3 is 0 Å². The number of hydrogen-bond donors (Lipinski definition) is 1. The Labute approximate surface area is 265 Å². The first-order valence-corrected chi connectivity index (χ1v) is 15.7. The van der Waals surface area contributed by atoms with Gasteiger partial charge in [-0.25, -0.2) is 9.67 Å². The maximum atomic E-state index is 14.3. The Morgan fingerprint density at radius 3 is 2.44 bits per heavy atom. The van der Waals surface area contributed by atoms with E-state index in [0.717, 1.165) is 40.4 Å². The number of methoxy groups -OCH3 is 2. The van der Waals surface area contributed by atoms with Gasteiger partial charge in [-0.15, -0.1) is 16.4 Å². The fourth-order valence-corrected chi connectivity index (χ4v) is 6.42. The average Bonchev–Trinajstić information content (AvgIpc) is 3.72. The maximum absolute atomic E-state index is 14.3. The molecule has 3 aromatic carbocycles. The molecular formula is C34H34N6O4S. The van der Waals surface area contributed by atoms with Crippen molar-refractivity contribution < 1.29 is 19.1 Å². The number of aromatic nitrogens is 4. The highest BCUT2D eigenvalue weighted by Crippen LogP contribution is 2.30. The van der Waals surface area contributed by atoms with Crippen LogP contribution in [0.25, 0.3) is 22.3 Å². The first kappa shape index (κ1) is 30.0. The van der Waals surface area contributed by atoms with Gasteiger partial charge in [0.05, 0.1) is 32.0 Å². The number of anilines is 1. The Morgan fingerprint density at radius 2 is 1.73 bits per heavy atom. The van der Waals surface area contributed by atoms with E-state index in [-0.39, 0.29) is 30.8 Å². The zero-order chi connectivity index (χ0) is 31.2. The monoisotopic (exact) mass is 622 g/mol. The summed E-state index contributed by atoms with van der Waals surface area (Å²) in [6, 6.07) is 21.6. The van der Waals surface area contributed by atoms with Crippen LogP contribution >= 0.6 is 11.3 Å². The van der Waals surface area contributed by atoms with Crippen LogP contribution in [0.15, 0.2) is 90.3 Å². The number of allylic oxidation sites excluding steroid dienone is 2. The summed E-state index contributed by atoms with van der Waals surface area (Å²) in [6.07, 6.45) is 6.53. The Bertz CT molecular complexity index is 1800. The van der Waals surface area contributed by atoms with Crippen molar-refractivity contribution in [1.82, 2.24) is 24.9 Å². The van der Waals surface area contributed by atoms with Crippen LogP contribution in [-0.4, -0.2) is 57.0 Å². The predicted octanol–water partition coefficient (Wildman–Crippen LogP) is 5.96. The molecule has 0 saturated heterocycles. The zero-order valence-corrected chi connectivity index (χ0v) is 25.9. The number of nitrogens with one attached hydrogen (secondary N) is 1.